The van der Waals surface area contributed by atoms with Gasteiger partial charge >= 0.3 is 0 Å². The fourth-order valence-electron chi connectivity index (χ4n) is 3.28. The summed E-state index contributed by atoms with van der Waals surface area (Å²) in [5.74, 6) is -0.103. The number of ketones is 1. The van der Waals surface area contributed by atoms with Gasteiger partial charge in [0.2, 0.25) is 5.91 Å². The number of H-pyrrole nitrogens is 1. The lowest BCUT2D eigenvalue weighted by Crippen LogP contribution is -2.35. The summed E-state index contributed by atoms with van der Waals surface area (Å²) in [4.78, 5) is 32.1. The number of carbonyl (C=O) groups excluding carboxylic acids is 2. The number of benzene rings is 2. The largest absolute Gasteiger partial charge is 0.361 e. The number of carbonyl (C=O) groups is 2. The number of fused-ring (bicyclic) bond motifs is 1. The summed E-state index contributed by atoms with van der Waals surface area (Å²) in [6, 6.07) is 17.2. The smallest absolute Gasteiger partial charge is 0.245 e. The minimum atomic E-state index is -0.581. The second-order valence-corrected chi connectivity index (χ2v) is 7.03. The molecular formula is C23H25N3O2. The highest BCUT2D eigenvalue weighted by molar-refractivity contribution is 6.01. The molecular weight excluding hydrogens is 350 g/mol. The molecule has 1 atom stereocenters. The van der Waals surface area contributed by atoms with E-state index in [1.807, 2.05) is 60.8 Å². The monoisotopic (exact) mass is 375 g/mol. The van der Waals surface area contributed by atoms with Gasteiger partial charge in [-0.2, -0.15) is 0 Å². The third kappa shape index (κ3) is 5.16. The van der Waals surface area contributed by atoms with Crippen LogP contribution in [-0.4, -0.2) is 28.4 Å². The van der Waals surface area contributed by atoms with E-state index in [2.05, 4.69) is 15.3 Å². The number of aromatic amines is 1. The molecule has 0 aliphatic heterocycles. The summed E-state index contributed by atoms with van der Waals surface area (Å²) in [5, 5.41) is 4.06. The van der Waals surface area contributed by atoms with E-state index in [-0.39, 0.29) is 18.1 Å². The molecule has 1 heterocycles. The first-order chi connectivity index (χ1) is 13.5. The van der Waals surface area contributed by atoms with E-state index in [1.165, 1.54) is 6.92 Å². The number of hydrogen-bond donors (Lipinski definition) is 2. The van der Waals surface area contributed by atoms with Gasteiger partial charge in [0, 0.05) is 42.2 Å². The summed E-state index contributed by atoms with van der Waals surface area (Å²) in [6.45, 7) is 3.78. The number of aliphatic imine (C=N–C) groups is 1. The third-order valence-electron chi connectivity index (χ3n) is 4.58. The first kappa shape index (κ1) is 19.5. The predicted octanol–water partition coefficient (Wildman–Crippen LogP) is 3.84. The lowest BCUT2D eigenvalue weighted by Gasteiger charge is -2.14. The van der Waals surface area contributed by atoms with Gasteiger partial charge in [0.05, 0.1) is 0 Å². The summed E-state index contributed by atoms with van der Waals surface area (Å²) in [5.41, 5.74) is 3.78. The van der Waals surface area contributed by atoms with Gasteiger partial charge in [-0.15, -0.1) is 0 Å². The van der Waals surface area contributed by atoms with E-state index >= 15 is 0 Å². The van der Waals surface area contributed by atoms with Crippen molar-refractivity contribution in [2.24, 2.45) is 4.99 Å². The highest BCUT2D eigenvalue weighted by Gasteiger charge is 2.20. The van der Waals surface area contributed by atoms with Gasteiger partial charge in [-0.05, 0) is 31.0 Å². The van der Waals surface area contributed by atoms with Crippen molar-refractivity contribution in [3.05, 3.63) is 71.9 Å². The Morgan fingerprint density at radius 1 is 1.04 bits per heavy atom. The molecule has 2 aromatic carbocycles. The summed E-state index contributed by atoms with van der Waals surface area (Å²) in [7, 11) is 0. The molecule has 3 rings (SSSR count). The lowest BCUT2D eigenvalue weighted by molar-refractivity contribution is -0.122. The van der Waals surface area contributed by atoms with Crippen LogP contribution in [0.5, 0.6) is 0 Å². The van der Waals surface area contributed by atoms with Crippen molar-refractivity contribution in [3.8, 4) is 0 Å². The van der Waals surface area contributed by atoms with Crippen LogP contribution in [0.4, 0.5) is 0 Å². The van der Waals surface area contributed by atoms with Crippen LogP contribution in [0.25, 0.3) is 10.9 Å². The number of para-hydroxylation sites is 1. The minimum absolute atomic E-state index is 0.0387. The van der Waals surface area contributed by atoms with Crippen LogP contribution in [0.1, 0.15) is 31.4 Å². The van der Waals surface area contributed by atoms with Gasteiger partial charge in [0.25, 0.3) is 0 Å². The van der Waals surface area contributed by atoms with Crippen molar-refractivity contribution >= 4 is 28.3 Å². The number of aromatic nitrogens is 1. The van der Waals surface area contributed by atoms with Gasteiger partial charge in [-0.3, -0.25) is 14.6 Å². The molecule has 0 aliphatic carbocycles. The summed E-state index contributed by atoms with van der Waals surface area (Å²) in [6.07, 6.45) is 2.66. The Morgan fingerprint density at radius 3 is 2.50 bits per heavy atom. The van der Waals surface area contributed by atoms with E-state index in [9.17, 15) is 9.59 Å². The highest BCUT2D eigenvalue weighted by atomic mass is 16.2. The zero-order chi connectivity index (χ0) is 19.9. The zero-order valence-corrected chi connectivity index (χ0v) is 16.2. The topological polar surface area (TPSA) is 74.3 Å². The van der Waals surface area contributed by atoms with Gasteiger partial charge < -0.3 is 10.3 Å². The molecule has 0 spiro atoms. The summed E-state index contributed by atoms with van der Waals surface area (Å²) >= 11 is 0. The second-order valence-electron chi connectivity index (χ2n) is 7.03. The second kappa shape index (κ2) is 9.13. The Kier molecular flexibility index (Phi) is 6.37. The number of nitrogens with one attached hydrogen (secondary N) is 2. The van der Waals surface area contributed by atoms with E-state index in [4.69, 9.17) is 0 Å². The van der Waals surface area contributed by atoms with Gasteiger partial charge in [0.15, 0.2) is 0 Å². The Bertz CT molecular complexity index is 989. The highest BCUT2D eigenvalue weighted by Crippen LogP contribution is 2.20. The number of amides is 1. The van der Waals surface area contributed by atoms with Gasteiger partial charge in [0.1, 0.15) is 11.8 Å². The number of Topliss-reactive ketones (excluding diaryl/α,β-unsaturated/α-hetero) is 1. The predicted molar refractivity (Wildman–Crippen MR) is 112 cm³/mol. The Balaban J connectivity index is 1.79. The Hall–Kier alpha value is -3.21. The third-order valence-corrected chi connectivity index (χ3v) is 4.58. The Morgan fingerprint density at radius 2 is 1.75 bits per heavy atom. The molecule has 144 valence electrons. The van der Waals surface area contributed by atoms with Crippen molar-refractivity contribution in [1.82, 2.24) is 10.3 Å². The maximum atomic E-state index is 12.9. The molecule has 0 unspecified atom stereocenters. The van der Waals surface area contributed by atoms with Crippen molar-refractivity contribution in [2.75, 3.05) is 0 Å². The van der Waals surface area contributed by atoms with E-state index < -0.39 is 6.04 Å². The van der Waals surface area contributed by atoms with Crippen LogP contribution in [-0.2, 0) is 22.6 Å². The van der Waals surface area contributed by atoms with Crippen molar-refractivity contribution in [2.45, 2.75) is 39.3 Å². The first-order valence-electron chi connectivity index (χ1n) is 9.42. The quantitative estimate of drug-likeness (QED) is 0.587. The fraction of sp³-hybridized carbons (Fsp3) is 0.261. The molecule has 5 nitrogen and oxygen atoms in total. The van der Waals surface area contributed by atoms with Gasteiger partial charge in [-0.25, -0.2) is 0 Å². The maximum absolute atomic E-state index is 12.9. The Labute approximate surface area is 164 Å². The number of rotatable bonds is 8. The van der Waals surface area contributed by atoms with Crippen LogP contribution in [0, 0.1) is 0 Å². The molecule has 0 fully saturated rings. The standard InChI is InChI=1S/C23H25N3O2/c1-16(12-17(2)27)26-22(23(28)25-14-18-8-4-3-5-9-18)13-19-15-24-21-11-7-6-10-20(19)21/h3-11,15,22,24H,12-14H2,1-2H3,(H,25,28)/t22-/m1/s1. The number of hydrogen-bond acceptors (Lipinski definition) is 3. The van der Waals surface area contributed by atoms with Gasteiger partial charge in [-0.1, -0.05) is 48.5 Å². The van der Waals surface area contributed by atoms with E-state index in [0.29, 0.717) is 18.7 Å². The molecule has 1 amide bonds. The maximum Gasteiger partial charge on any atom is 0.245 e. The minimum Gasteiger partial charge on any atom is -0.361 e. The molecule has 0 saturated heterocycles. The molecule has 5 heteroatoms. The molecule has 3 aromatic rings. The molecule has 0 radical (unpaired) electrons. The van der Waals surface area contributed by atoms with Crippen LogP contribution in [0.15, 0.2) is 65.8 Å². The molecule has 0 aliphatic rings. The van der Waals surface area contributed by atoms with Crippen molar-refractivity contribution in [3.63, 3.8) is 0 Å². The van der Waals surface area contributed by atoms with E-state index in [0.717, 1.165) is 22.0 Å². The average Bonchev–Trinajstić information content (AvgIpc) is 3.09. The summed E-state index contributed by atoms with van der Waals surface area (Å²) < 4.78 is 0. The number of nitrogens with zero attached hydrogens (tertiary/aromatic N) is 1. The fourth-order valence-corrected chi connectivity index (χ4v) is 3.28. The van der Waals surface area contributed by atoms with Crippen molar-refractivity contribution < 1.29 is 9.59 Å². The molecule has 0 bridgehead atoms. The van der Waals surface area contributed by atoms with E-state index in [1.54, 1.807) is 6.92 Å². The molecule has 1 aromatic heterocycles. The zero-order valence-electron chi connectivity index (χ0n) is 16.2. The molecule has 2 N–H and O–H groups in total. The first-order valence-corrected chi connectivity index (χ1v) is 9.42. The van der Waals surface area contributed by atoms with Crippen molar-refractivity contribution in [1.29, 1.82) is 0 Å². The normalized spacial score (nSPS) is 12.7. The molecule has 0 saturated carbocycles. The van der Waals surface area contributed by atoms with Crippen LogP contribution in [0.3, 0.4) is 0 Å². The molecule has 28 heavy (non-hydrogen) atoms. The lowest BCUT2D eigenvalue weighted by atomic mass is 10.0. The average molecular weight is 375 g/mol. The van der Waals surface area contributed by atoms with Crippen LogP contribution >= 0.6 is 0 Å². The van der Waals surface area contributed by atoms with Crippen LogP contribution < -0.4 is 5.32 Å². The SMILES string of the molecule is CC(=O)CC(C)=N[C@H](Cc1c[nH]c2ccccc12)C(=O)NCc1ccccc1. The van der Waals surface area contributed by atoms with Crippen LogP contribution in [0.2, 0.25) is 0 Å².